The molecule has 3 fully saturated rings. The van der Waals surface area contributed by atoms with Gasteiger partial charge in [0.1, 0.15) is 35.2 Å². The summed E-state index contributed by atoms with van der Waals surface area (Å²) in [5.41, 5.74) is -0.175. The summed E-state index contributed by atoms with van der Waals surface area (Å²) in [6.07, 6.45) is 11.0. The lowest BCUT2D eigenvalue weighted by Crippen LogP contribution is -2.42. The molecule has 7 rings (SSSR count). The molecule has 4 aromatic rings. The molecule has 3 atom stereocenters. The summed E-state index contributed by atoms with van der Waals surface area (Å²) in [5.74, 6) is 1.43. The van der Waals surface area contributed by atoms with Crippen molar-refractivity contribution >= 4 is 27.5 Å². The highest BCUT2D eigenvalue weighted by Gasteiger charge is 2.45. The molecule has 2 aromatic heterocycles. The van der Waals surface area contributed by atoms with Gasteiger partial charge >= 0.3 is 6.01 Å². The number of hydrogen-bond donors (Lipinski definition) is 2. The van der Waals surface area contributed by atoms with Gasteiger partial charge in [0.25, 0.3) is 0 Å². The lowest BCUT2D eigenvalue weighted by molar-refractivity contribution is 0.124. The van der Waals surface area contributed by atoms with E-state index in [0.29, 0.717) is 36.3 Å². The predicted octanol–water partition coefficient (Wildman–Crippen LogP) is 4.70. The van der Waals surface area contributed by atoms with Gasteiger partial charge in [-0.1, -0.05) is 12.0 Å². The Morgan fingerprint density at radius 2 is 2.15 bits per heavy atom. The highest BCUT2D eigenvalue weighted by Crippen LogP contribution is 2.42. The number of aromatic hydroxyl groups is 1. The minimum Gasteiger partial charge on any atom is -0.508 e. The first-order valence-electron chi connectivity index (χ1n) is 13.9. The van der Waals surface area contributed by atoms with Gasteiger partial charge in [-0.3, -0.25) is 4.98 Å². The zero-order valence-corrected chi connectivity index (χ0v) is 22.6. The summed E-state index contributed by atoms with van der Waals surface area (Å²) in [6.45, 7) is 4.67. The molecule has 3 aliphatic rings. The summed E-state index contributed by atoms with van der Waals surface area (Å²) in [4.78, 5) is 15.9. The van der Waals surface area contributed by atoms with E-state index in [-0.39, 0.29) is 57.2 Å². The third-order valence-corrected chi connectivity index (χ3v) is 8.32. The van der Waals surface area contributed by atoms with Gasteiger partial charge in [0, 0.05) is 35.8 Å². The number of phenolic OH excluding ortho intramolecular Hbond substituents is 1. The van der Waals surface area contributed by atoms with Crippen LogP contribution in [0.25, 0.3) is 32.9 Å². The second-order valence-corrected chi connectivity index (χ2v) is 11.3. The van der Waals surface area contributed by atoms with Crippen LogP contribution in [0.15, 0.2) is 30.5 Å². The van der Waals surface area contributed by atoms with E-state index in [2.05, 4.69) is 33.0 Å². The normalized spacial score (nSPS) is 23.8. The number of halogens is 2. The van der Waals surface area contributed by atoms with Crippen molar-refractivity contribution in [3.05, 3.63) is 47.7 Å². The third-order valence-electron chi connectivity index (χ3n) is 8.32. The van der Waals surface area contributed by atoms with Crippen LogP contribution in [0.3, 0.4) is 0 Å². The SMILES string of the molecule is C#Cc1c(F)ccc2cc(O)cc(-c3ncc4c(N5CCCO[C@@H]6C[C@@H]65)nc(OC[C@@]5(C)CCCN5)nc4c3F)c12. The molecular weight excluding hydrogens is 528 g/mol. The second-order valence-electron chi connectivity index (χ2n) is 11.3. The van der Waals surface area contributed by atoms with Crippen molar-refractivity contribution in [3.63, 3.8) is 0 Å². The van der Waals surface area contributed by atoms with Crippen molar-refractivity contribution in [1.82, 2.24) is 20.3 Å². The quantitative estimate of drug-likeness (QED) is 0.342. The van der Waals surface area contributed by atoms with E-state index >= 15 is 4.39 Å². The Morgan fingerprint density at radius 3 is 2.95 bits per heavy atom. The molecule has 2 N–H and O–H groups in total. The van der Waals surface area contributed by atoms with Crippen LogP contribution in [0.4, 0.5) is 14.6 Å². The first-order chi connectivity index (χ1) is 19.8. The molecule has 41 heavy (non-hydrogen) atoms. The number of phenols is 1. The third kappa shape index (κ3) is 4.49. The summed E-state index contributed by atoms with van der Waals surface area (Å²) in [5, 5.41) is 15.1. The monoisotopic (exact) mass is 557 g/mol. The lowest BCUT2D eigenvalue weighted by Gasteiger charge is -2.26. The number of pyridine rings is 1. The Labute approximate surface area is 235 Å². The predicted molar refractivity (Wildman–Crippen MR) is 151 cm³/mol. The zero-order chi connectivity index (χ0) is 28.3. The van der Waals surface area contributed by atoms with Gasteiger partial charge < -0.3 is 24.8 Å². The number of ether oxygens (including phenoxy) is 2. The lowest BCUT2D eigenvalue weighted by atomic mass is 9.96. The topological polar surface area (TPSA) is 92.6 Å². The van der Waals surface area contributed by atoms with Gasteiger partial charge in [0.2, 0.25) is 0 Å². The van der Waals surface area contributed by atoms with Crippen molar-refractivity contribution in [2.24, 2.45) is 0 Å². The van der Waals surface area contributed by atoms with Crippen molar-refractivity contribution in [2.45, 2.75) is 50.3 Å². The number of aromatic nitrogens is 3. The molecule has 0 unspecified atom stereocenters. The van der Waals surface area contributed by atoms with Crippen LogP contribution in [-0.2, 0) is 4.74 Å². The molecule has 0 bridgehead atoms. The van der Waals surface area contributed by atoms with Gasteiger partial charge in [0.05, 0.1) is 23.1 Å². The van der Waals surface area contributed by atoms with Crippen LogP contribution >= 0.6 is 0 Å². The van der Waals surface area contributed by atoms with Gasteiger partial charge in [-0.15, -0.1) is 6.42 Å². The fraction of sp³-hybridized carbons (Fsp3) is 0.387. The highest BCUT2D eigenvalue weighted by atomic mass is 19.1. The van der Waals surface area contributed by atoms with Crippen molar-refractivity contribution < 1.29 is 23.4 Å². The van der Waals surface area contributed by atoms with Crippen LogP contribution in [0.2, 0.25) is 0 Å². The zero-order valence-electron chi connectivity index (χ0n) is 22.6. The Morgan fingerprint density at radius 1 is 1.27 bits per heavy atom. The first-order valence-corrected chi connectivity index (χ1v) is 13.9. The average Bonchev–Trinajstić information content (AvgIpc) is 3.64. The van der Waals surface area contributed by atoms with Crippen molar-refractivity contribution in [3.8, 4) is 35.4 Å². The molecule has 2 saturated heterocycles. The molecule has 8 nitrogen and oxygen atoms in total. The molecule has 4 heterocycles. The molecule has 0 amide bonds. The van der Waals surface area contributed by atoms with E-state index in [9.17, 15) is 9.50 Å². The number of benzene rings is 2. The van der Waals surface area contributed by atoms with Crippen LogP contribution < -0.4 is 15.0 Å². The van der Waals surface area contributed by atoms with Gasteiger partial charge in [-0.05, 0) is 62.7 Å². The largest absolute Gasteiger partial charge is 0.508 e. The first kappa shape index (κ1) is 25.9. The summed E-state index contributed by atoms with van der Waals surface area (Å²) >= 11 is 0. The highest BCUT2D eigenvalue weighted by molar-refractivity contribution is 6.03. The van der Waals surface area contributed by atoms with Gasteiger partial charge in [0.15, 0.2) is 5.82 Å². The molecule has 10 heteroatoms. The number of anilines is 1. The van der Waals surface area contributed by atoms with Crippen LogP contribution in [0.5, 0.6) is 11.8 Å². The molecular formula is C31H29F2N5O3. The number of nitrogens with zero attached hydrogens (tertiary/aromatic N) is 4. The van der Waals surface area contributed by atoms with E-state index in [1.54, 1.807) is 0 Å². The van der Waals surface area contributed by atoms with E-state index < -0.39 is 11.6 Å². The number of nitrogens with one attached hydrogen (secondary N) is 1. The van der Waals surface area contributed by atoms with E-state index in [1.165, 1.54) is 30.5 Å². The summed E-state index contributed by atoms with van der Waals surface area (Å²) < 4.78 is 43.3. The average molecular weight is 558 g/mol. The Kier molecular flexibility index (Phi) is 6.17. The molecule has 0 spiro atoms. The fourth-order valence-electron chi connectivity index (χ4n) is 6.11. The molecule has 1 saturated carbocycles. The minimum absolute atomic E-state index is 0.0250. The second kappa shape index (κ2) is 9.79. The molecule has 1 aliphatic carbocycles. The van der Waals surface area contributed by atoms with Gasteiger partial charge in [-0.2, -0.15) is 9.97 Å². The number of terminal acetylenes is 1. The minimum atomic E-state index is -0.737. The van der Waals surface area contributed by atoms with Crippen molar-refractivity contribution in [2.75, 3.05) is 31.2 Å². The van der Waals surface area contributed by atoms with Crippen LogP contribution in [0, 0.1) is 24.0 Å². The fourth-order valence-corrected chi connectivity index (χ4v) is 6.11. The van der Waals surface area contributed by atoms with Gasteiger partial charge in [-0.25, -0.2) is 8.78 Å². The summed E-state index contributed by atoms with van der Waals surface area (Å²) in [6, 6.07) is 5.71. The smallest absolute Gasteiger partial charge is 0.319 e. The molecule has 0 radical (unpaired) electrons. The van der Waals surface area contributed by atoms with E-state index in [4.69, 9.17) is 20.9 Å². The number of hydrogen-bond acceptors (Lipinski definition) is 8. The van der Waals surface area contributed by atoms with Crippen LogP contribution in [0.1, 0.15) is 38.2 Å². The van der Waals surface area contributed by atoms with Crippen molar-refractivity contribution in [1.29, 1.82) is 0 Å². The molecule has 2 aliphatic heterocycles. The molecule has 2 aromatic carbocycles. The maximum absolute atomic E-state index is 16.6. The Balaban J connectivity index is 1.41. The maximum atomic E-state index is 16.6. The molecule has 210 valence electrons. The van der Waals surface area contributed by atoms with E-state index in [0.717, 1.165) is 32.2 Å². The number of rotatable bonds is 5. The van der Waals surface area contributed by atoms with Crippen LogP contribution in [-0.4, -0.2) is 64.0 Å². The Bertz CT molecular complexity index is 1730. The summed E-state index contributed by atoms with van der Waals surface area (Å²) in [7, 11) is 0. The standard InChI is InChI=1S/C31H29F2N5O3/c1-3-19-22(32)7-6-17-12-18(39)13-20(25(17)19)27-26(33)28-21(15-34-27)29(38-10-5-11-40-24-14-23(24)38)37-30(36-28)41-16-31(2)8-4-9-35-31/h1,6-7,12-13,15,23-24,35,39H,4-5,8-11,14,16H2,2H3/t23-,24+,31+/m0/s1. The maximum Gasteiger partial charge on any atom is 0.319 e. The number of fused-ring (bicyclic) bond motifs is 3. The Hall–Kier alpha value is -4.07. The van der Waals surface area contributed by atoms with E-state index in [1.807, 2.05) is 0 Å².